The molecule has 3 rings (SSSR count). The van der Waals surface area contributed by atoms with E-state index in [0.29, 0.717) is 24.4 Å². The predicted octanol–water partition coefficient (Wildman–Crippen LogP) is 3.61. The molecule has 0 radical (unpaired) electrons. The highest BCUT2D eigenvalue weighted by atomic mass is 35.5. The standard InChI is InChI=1S/C18H29N3O2S.ClH/c1-3-9-21(17(22)13-12-24-16(11-19)20-13)14-10-15(23-4-2)18(14)7-5-6-8-18;/h12,14-15H,3-11,19H2,1-2H3;1H. The Hall–Kier alpha value is -0.690. The molecule has 0 aromatic carbocycles. The lowest BCUT2D eigenvalue weighted by Crippen LogP contribution is -2.65. The zero-order valence-electron chi connectivity index (χ0n) is 15.2. The van der Waals surface area contributed by atoms with Crippen LogP contribution in [0.2, 0.25) is 0 Å². The van der Waals surface area contributed by atoms with E-state index in [1.165, 1.54) is 37.0 Å². The molecule has 0 saturated heterocycles. The highest BCUT2D eigenvalue weighted by Gasteiger charge is 2.59. The van der Waals surface area contributed by atoms with E-state index in [4.69, 9.17) is 10.5 Å². The Morgan fingerprint density at radius 3 is 2.72 bits per heavy atom. The fourth-order valence-electron chi connectivity index (χ4n) is 4.58. The number of halogens is 1. The first-order valence-electron chi connectivity index (χ1n) is 9.23. The van der Waals surface area contributed by atoms with Gasteiger partial charge in [-0.2, -0.15) is 0 Å². The first-order valence-corrected chi connectivity index (χ1v) is 10.1. The van der Waals surface area contributed by atoms with Crippen molar-refractivity contribution < 1.29 is 9.53 Å². The van der Waals surface area contributed by atoms with Crippen molar-refractivity contribution in [3.05, 3.63) is 16.1 Å². The third-order valence-corrected chi connectivity index (χ3v) is 6.56. The van der Waals surface area contributed by atoms with Crippen LogP contribution in [0.1, 0.15) is 67.9 Å². The van der Waals surface area contributed by atoms with Gasteiger partial charge in [-0.15, -0.1) is 23.7 Å². The van der Waals surface area contributed by atoms with Gasteiger partial charge in [-0.3, -0.25) is 4.79 Å². The number of nitrogens with zero attached hydrogens (tertiary/aromatic N) is 2. The molecule has 25 heavy (non-hydrogen) atoms. The van der Waals surface area contributed by atoms with Crippen LogP contribution >= 0.6 is 23.7 Å². The Kier molecular flexibility index (Phi) is 7.26. The van der Waals surface area contributed by atoms with E-state index in [-0.39, 0.29) is 23.7 Å². The molecule has 1 heterocycles. The minimum Gasteiger partial charge on any atom is -0.378 e. The van der Waals surface area contributed by atoms with Crippen LogP contribution in [0, 0.1) is 5.41 Å². The highest BCUT2D eigenvalue weighted by molar-refractivity contribution is 7.09. The van der Waals surface area contributed by atoms with Gasteiger partial charge in [0.05, 0.1) is 6.10 Å². The minimum atomic E-state index is 0. The first-order chi connectivity index (χ1) is 11.7. The lowest BCUT2D eigenvalue weighted by molar-refractivity contribution is -0.156. The van der Waals surface area contributed by atoms with Crippen molar-refractivity contribution in [2.75, 3.05) is 13.2 Å². The fourth-order valence-corrected chi connectivity index (χ4v) is 5.23. The molecular formula is C18H30ClN3O2S. The number of hydrogen-bond donors (Lipinski definition) is 1. The molecule has 2 fully saturated rings. The van der Waals surface area contributed by atoms with Gasteiger partial charge in [-0.25, -0.2) is 4.98 Å². The van der Waals surface area contributed by atoms with Gasteiger partial charge in [0.1, 0.15) is 10.7 Å². The second-order valence-electron chi connectivity index (χ2n) is 6.96. The van der Waals surface area contributed by atoms with Crippen LogP contribution in [-0.4, -0.2) is 41.1 Å². The van der Waals surface area contributed by atoms with Crippen molar-refractivity contribution in [1.29, 1.82) is 0 Å². The van der Waals surface area contributed by atoms with Gasteiger partial charge in [-0.05, 0) is 32.6 Å². The number of amides is 1. The summed E-state index contributed by atoms with van der Waals surface area (Å²) in [6.45, 7) is 6.14. The maximum Gasteiger partial charge on any atom is 0.273 e. The summed E-state index contributed by atoms with van der Waals surface area (Å²) in [5.41, 5.74) is 6.38. The van der Waals surface area contributed by atoms with Gasteiger partial charge in [0.2, 0.25) is 0 Å². The van der Waals surface area contributed by atoms with E-state index in [9.17, 15) is 4.79 Å². The van der Waals surface area contributed by atoms with Crippen LogP contribution in [-0.2, 0) is 11.3 Å². The molecule has 1 aromatic rings. The van der Waals surface area contributed by atoms with Crippen molar-refractivity contribution in [2.24, 2.45) is 11.1 Å². The minimum absolute atomic E-state index is 0. The number of ether oxygens (including phenoxy) is 1. The van der Waals surface area contributed by atoms with Crippen molar-refractivity contribution in [3.8, 4) is 0 Å². The molecular weight excluding hydrogens is 358 g/mol. The third-order valence-electron chi connectivity index (χ3n) is 5.69. The van der Waals surface area contributed by atoms with Gasteiger partial charge < -0.3 is 15.4 Å². The molecule has 2 aliphatic rings. The zero-order chi connectivity index (χ0) is 17.2. The smallest absolute Gasteiger partial charge is 0.273 e. The molecule has 142 valence electrons. The number of rotatable bonds is 7. The van der Waals surface area contributed by atoms with Crippen molar-refractivity contribution in [2.45, 2.75) is 71.1 Å². The van der Waals surface area contributed by atoms with E-state index in [1.54, 1.807) is 0 Å². The molecule has 2 unspecified atom stereocenters. The van der Waals surface area contributed by atoms with E-state index in [0.717, 1.165) is 31.0 Å². The van der Waals surface area contributed by atoms with Crippen molar-refractivity contribution >= 4 is 29.7 Å². The van der Waals surface area contributed by atoms with Crippen LogP contribution in [0.5, 0.6) is 0 Å². The Balaban J connectivity index is 0.00000225. The molecule has 0 aliphatic heterocycles. The van der Waals surface area contributed by atoms with E-state index in [2.05, 4.69) is 23.7 Å². The van der Waals surface area contributed by atoms with Crippen molar-refractivity contribution in [3.63, 3.8) is 0 Å². The van der Waals surface area contributed by atoms with Gasteiger partial charge in [-0.1, -0.05) is 19.8 Å². The lowest BCUT2D eigenvalue weighted by Gasteiger charge is -2.57. The number of thiazole rings is 1. The summed E-state index contributed by atoms with van der Waals surface area (Å²) in [7, 11) is 0. The summed E-state index contributed by atoms with van der Waals surface area (Å²) in [6.07, 6.45) is 7.11. The number of carbonyl (C=O) groups is 1. The Morgan fingerprint density at radius 1 is 1.44 bits per heavy atom. The number of carbonyl (C=O) groups excluding carboxylic acids is 1. The molecule has 7 heteroatoms. The molecule has 1 amide bonds. The largest absolute Gasteiger partial charge is 0.378 e. The van der Waals surface area contributed by atoms with E-state index in [1.807, 2.05) is 5.38 Å². The molecule has 2 aliphatic carbocycles. The quantitative estimate of drug-likeness (QED) is 0.775. The molecule has 2 atom stereocenters. The second kappa shape index (κ2) is 8.80. The number of aromatic nitrogens is 1. The predicted molar refractivity (Wildman–Crippen MR) is 103 cm³/mol. The van der Waals surface area contributed by atoms with Crippen LogP contribution in [0.4, 0.5) is 0 Å². The molecule has 1 spiro atoms. The monoisotopic (exact) mass is 387 g/mol. The van der Waals surface area contributed by atoms with E-state index < -0.39 is 0 Å². The van der Waals surface area contributed by atoms with Gasteiger partial charge in [0.15, 0.2) is 0 Å². The molecule has 5 nitrogen and oxygen atoms in total. The van der Waals surface area contributed by atoms with Crippen molar-refractivity contribution in [1.82, 2.24) is 9.88 Å². The van der Waals surface area contributed by atoms with Gasteiger partial charge >= 0.3 is 0 Å². The van der Waals surface area contributed by atoms with E-state index >= 15 is 0 Å². The molecule has 2 saturated carbocycles. The first kappa shape index (κ1) is 20.6. The van der Waals surface area contributed by atoms with Gasteiger partial charge in [0.25, 0.3) is 5.91 Å². The average molecular weight is 388 g/mol. The summed E-state index contributed by atoms with van der Waals surface area (Å²) in [4.78, 5) is 19.6. The fraction of sp³-hybridized carbons (Fsp3) is 0.778. The molecule has 0 bridgehead atoms. The highest BCUT2D eigenvalue weighted by Crippen LogP contribution is 2.56. The van der Waals surface area contributed by atoms with Crippen LogP contribution in [0.3, 0.4) is 0 Å². The van der Waals surface area contributed by atoms with Crippen LogP contribution in [0.25, 0.3) is 0 Å². The average Bonchev–Trinajstić information content (AvgIpc) is 3.26. The third kappa shape index (κ3) is 3.72. The molecule has 1 aromatic heterocycles. The molecule has 2 N–H and O–H groups in total. The number of hydrogen-bond acceptors (Lipinski definition) is 5. The Labute approximate surface area is 160 Å². The maximum absolute atomic E-state index is 13.1. The number of nitrogens with two attached hydrogens (primary N) is 1. The summed E-state index contributed by atoms with van der Waals surface area (Å²) in [6, 6.07) is 0.298. The maximum atomic E-state index is 13.1. The lowest BCUT2D eigenvalue weighted by atomic mass is 9.59. The summed E-state index contributed by atoms with van der Waals surface area (Å²) in [5, 5.41) is 2.68. The SMILES string of the molecule is CCCN(C(=O)c1csc(CN)n1)C1CC(OCC)C12CCCC2.Cl. The Morgan fingerprint density at radius 2 is 2.16 bits per heavy atom. The summed E-state index contributed by atoms with van der Waals surface area (Å²) >= 11 is 1.47. The zero-order valence-corrected chi connectivity index (χ0v) is 16.8. The van der Waals surface area contributed by atoms with Gasteiger partial charge in [0, 0.05) is 36.5 Å². The topological polar surface area (TPSA) is 68.5 Å². The summed E-state index contributed by atoms with van der Waals surface area (Å²) in [5.74, 6) is 0.0685. The normalized spacial score (nSPS) is 24.0. The van der Waals surface area contributed by atoms with Crippen LogP contribution in [0.15, 0.2) is 5.38 Å². The van der Waals surface area contributed by atoms with Crippen LogP contribution < -0.4 is 5.73 Å². The Bertz CT molecular complexity index is 574. The second-order valence-corrected chi connectivity index (χ2v) is 7.91. The summed E-state index contributed by atoms with van der Waals surface area (Å²) < 4.78 is 6.01.